The fraction of sp³-hybridized carbons (Fsp3) is 0.308. The molecule has 6 nitrogen and oxygen atoms in total. The largest absolute Gasteiger partial charge is 0.573 e. The maximum Gasteiger partial charge on any atom is 0.573 e. The van der Waals surface area contributed by atoms with Crippen LogP contribution in [0.25, 0.3) is 11.1 Å². The topological polar surface area (TPSA) is 66.9 Å². The molecule has 9 heteroatoms. The number of rotatable bonds is 7. The van der Waals surface area contributed by atoms with E-state index >= 15 is 0 Å². The molecular weight excluding hydrogens is 463 g/mol. The van der Waals surface area contributed by atoms with E-state index in [1.54, 1.807) is 24.3 Å². The molecule has 1 aromatic heterocycles. The molecule has 3 aromatic rings. The lowest BCUT2D eigenvalue weighted by molar-refractivity contribution is -0.274. The Morgan fingerprint density at radius 2 is 1.54 bits per heavy atom. The third-order valence-corrected chi connectivity index (χ3v) is 5.53. The van der Waals surface area contributed by atoms with Crippen molar-refractivity contribution in [3.05, 3.63) is 65.5 Å². The fourth-order valence-corrected chi connectivity index (χ4v) is 4.06. The van der Waals surface area contributed by atoms with E-state index < -0.39 is 12.3 Å². The second-order valence-electron chi connectivity index (χ2n) is 7.87. The predicted molar refractivity (Wildman–Crippen MR) is 122 cm³/mol. The highest BCUT2D eigenvalue weighted by atomic mass is 19.4. The number of halogens is 3. The third kappa shape index (κ3) is 5.67. The summed E-state index contributed by atoms with van der Waals surface area (Å²) in [6.45, 7) is 2.32. The number of esters is 1. The van der Waals surface area contributed by atoms with Crippen LogP contribution in [0, 0.1) is 0 Å². The van der Waals surface area contributed by atoms with Crippen molar-refractivity contribution in [2.24, 2.45) is 0 Å². The number of hydrogen-bond acceptors (Lipinski definition) is 6. The Hall–Kier alpha value is -3.75. The standard InChI is InChI=1S/C26H24F3NO5/c1-3-33-24-20-6-4-5-7-21(20)30-23(25(31)32-2)22(24)16-8-10-17(11-9-16)34-18-12-14-19(15-13-18)35-26(27,28)29/h8-15H,3-7H2,1-2H3. The zero-order valence-corrected chi connectivity index (χ0v) is 19.3. The minimum Gasteiger partial charge on any atom is -0.493 e. The van der Waals surface area contributed by atoms with Gasteiger partial charge >= 0.3 is 12.3 Å². The molecule has 0 aliphatic heterocycles. The van der Waals surface area contributed by atoms with Gasteiger partial charge < -0.3 is 18.9 Å². The summed E-state index contributed by atoms with van der Waals surface area (Å²) in [6.07, 6.45) is -1.14. The molecule has 184 valence electrons. The van der Waals surface area contributed by atoms with Gasteiger partial charge in [0.1, 0.15) is 23.0 Å². The smallest absolute Gasteiger partial charge is 0.493 e. The molecule has 35 heavy (non-hydrogen) atoms. The van der Waals surface area contributed by atoms with Crippen LogP contribution in [-0.4, -0.2) is 31.0 Å². The van der Waals surface area contributed by atoms with Crippen molar-refractivity contribution in [3.63, 3.8) is 0 Å². The summed E-state index contributed by atoms with van der Waals surface area (Å²) in [4.78, 5) is 17.3. The molecule has 0 unspecified atom stereocenters. The first-order chi connectivity index (χ1) is 16.8. The van der Waals surface area contributed by atoms with Crippen molar-refractivity contribution in [3.8, 4) is 34.1 Å². The van der Waals surface area contributed by atoms with Crippen molar-refractivity contribution < 1.29 is 36.9 Å². The molecule has 1 heterocycles. The van der Waals surface area contributed by atoms with Crippen LogP contribution >= 0.6 is 0 Å². The zero-order chi connectivity index (χ0) is 25.0. The van der Waals surface area contributed by atoms with Crippen LogP contribution in [0.3, 0.4) is 0 Å². The van der Waals surface area contributed by atoms with Crippen LogP contribution in [0.15, 0.2) is 48.5 Å². The van der Waals surface area contributed by atoms with Gasteiger partial charge in [0.2, 0.25) is 0 Å². The lowest BCUT2D eigenvalue weighted by Crippen LogP contribution is -2.16. The Kier molecular flexibility index (Phi) is 7.14. The van der Waals surface area contributed by atoms with Gasteiger partial charge in [-0.25, -0.2) is 9.78 Å². The Morgan fingerprint density at radius 3 is 2.14 bits per heavy atom. The number of pyridine rings is 1. The molecule has 0 N–H and O–H groups in total. The number of aromatic nitrogens is 1. The molecule has 0 fully saturated rings. The van der Waals surface area contributed by atoms with E-state index in [0.29, 0.717) is 35.0 Å². The number of ether oxygens (including phenoxy) is 4. The van der Waals surface area contributed by atoms with Crippen LogP contribution in [0.4, 0.5) is 13.2 Å². The Labute approximate surface area is 200 Å². The normalized spacial score (nSPS) is 13.1. The van der Waals surface area contributed by atoms with Gasteiger partial charge in [0.15, 0.2) is 5.69 Å². The monoisotopic (exact) mass is 487 g/mol. The van der Waals surface area contributed by atoms with Crippen molar-refractivity contribution >= 4 is 5.97 Å². The summed E-state index contributed by atoms with van der Waals surface area (Å²) in [6, 6.07) is 12.1. The summed E-state index contributed by atoms with van der Waals surface area (Å²) in [5, 5.41) is 0. The first-order valence-electron chi connectivity index (χ1n) is 11.2. The first kappa shape index (κ1) is 24.4. The van der Waals surface area contributed by atoms with Crippen molar-refractivity contribution in [1.82, 2.24) is 4.98 Å². The molecule has 0 bridgehead atoms. The van der Waals surface area contributed by atoms with Gasteiger partial charge in [-0.05, 0) is 74.6 Å². The van der Waals surface area contributed by atoms with E-state index in [9.17, 15) is 18.0 Å². The van der Waals surface area contributed by atoms with E-state index in [4.69, 9.17) is 14.2 Å². The number of alkyl halides is 3. The average molecular weight is 487 g/mol. The molecule has 0 saturated carbocycles. The van der Waals surface area contributed by atoms with Gasteiger partial charge in [-0.15, -0.1) is 13.2 Å². The number of carbonyl (C=O) groups excluding carboxylic acids is 1. The molecule has 2 aromatic carbocycles. The Morgan fingerprint density at radius 1 is 0.943 bits per heavy atom. The minimum atomic E-state index is -4.76. The first-order valence-corrected chi connectivity index (χ1v) is 11.2. The van der Waals surface area contributed by atoms with Gasteiger partial charge in [0, 0.05) is 11.3 Å². The summed E-state index contributed by atoms with van der Waals surface area (Å²) in [5.41, 5.74) is 3.35. The van der Waals surface area contributed by atoms with E-state index in [1.165, 1.54) is 31.4 Å². The van der Waals surface area contributed by atoms with Gasteiger partial charge in [-0.1, -0.05) is 12.1 Å². The number of aryl methyl sites for hydroxylation is 1. The Bertz CT molecular complexity index is 1190. The van der Waals surface area contributed by atoms with E-state index in [1.807, 2.05) is 6.92 Å². The van der Waals surface area contributed by atoms with E-state index in [0.717, 1.165) is 36.9 Å². The molecule has 1 aliphatic rings. The van der Waals surface area contributed by atoms with Crippen molar-refractivity contribution in [2.45, 2.75) is 39.0 Å². The third-order valence-electron chi connectivity index (χ3n) is 5.53. The summed E-state index contributed by atoms with van der Waals surface area (Å²) >= 11 is 0. The Balaban J connectivity index is 1.65. The van der Waals surface area contributed by atoms with Crippen LogP contribution in [-0.2, 0) is 17.6 Å². The van der Waals surface area contributed by atoms with Gasteiger partial charge in [-0.2, -0.15) is 0 Å². The van der Waals surface area contributed by atoms with Gasteiger partial charge in [-0.3, -0.25) is 0 Å². The summed E-state index contributed by atoms with van der Waals surface area (Å²) < 4.78 is 57.7. The maximum atomic E-state index is 12.6. The molecule has 0 saturated heterocycles. The number of carbonyl (C=O) groups is 1. The predicted octanol–water partition coefficient (Wildman–Crippen LogP) is 6.50. The highest BCUT2D eigenvalue weighted by Crippen LogP contribution is 2.41. The highest BCUT2D eigenvalue weighted by Gasteiger charge is 2.31. The molecule has 0 radical (unpaired) electrons. The zero-order valence-electron chi connectivity index (χ0n) is 19.3. The molecular formula is C26H24F3NO5. The van der Waals surface area contributed by atoms with Crippen molar-refractivity contribution in [1.29, 1.82) is 0 Å². The number of methoxy groups -OCH3 is 1. The van der Waals surface area contributed by atoms with Crippen LogP contribution in [0.5, 0.6) is 23.0 Å². The molecule has 4 rings (SSSR count). The number of hydrogen-bond donors (Lipinski definition) is 0. The van der Waals surface area contributed by atoms with E-state index in [2.05, 4.69) is 9.72 Å². The quantitative estimate of drug-likeness (QED) is 0.354. The number of fused-ring (bicyclic) bond motifs is 1. The van der Waals surface area contributed by atoms with Crippen LogP contribution < -0.4 is 14.2 Å². The second-order valence-corrected chi connectivity index (χ2v) is 7.87. The van der Waals surface area contributed by atoms with Gasteiger partial charge in [0.25, 0.3) is 0 Å². The molecule has 0 amide bonds. The molecule has 1 aliphatic carbocycles. The average Bonchev–Trinajstić information content (AvgIpc) is 2.84. The minimum absolute atomic E-state index is 0.200. The second kappa shape index (κ2) is 10.2. The van der Waals surface area contributed by atoms with Crippen LogP contribution in [0.1, 0.15) is 41.5 Å². The van der Waals surface area contributed by atoms with Crippen molar-refractivity contribution in [2.75, 3.05) is 13.7 Å². The molecule has 0 atom stereocenters. The number of benzene rings is 2. The highest BCUT2D eigenvalue weighted by molar-refractivity contribution is 5.97. The fourth-order valence-electron chi connectivity index (χ4n) is 4.06. The molecule has 0 spiro atoms. The SMILES string of the molecule is CCOc1c2c(nc(C(=O)OC)c1-c1ccc(Oc3ccc(OC(F)(F)F)cc3)cc1)CCCC2. The maximum absolute atomic E-state index is 12.6. The van der Waals surface area contributed by atoms with E-state index in [-0.39, 0.29) is 11.4 Å². The summed E-state index contributed by atoms with van der Waals surface area (Å²) in [5.74, 6) is 0.566. The number of nitrogens with zero attached hydrogens (tertiary/aromatic N) is 1. The van der Waals surface area contributed by atoms with Gasteiger partial charge in [0.05, 0.1) is 19.3 Å². The lowest BCUT2D eigenvalue weighted by Gasteiger charge is -2.23. The lowest BCUT2D eigenvalue weighted by atomic mass is 9.90. The summed E-state index contributed by atoms with van der Waals surface area (Å²) in [7, 11) is 1.32. The van der Waals surface area contributed by atoms with Crippen LogP contribution in [0.2, 0.25) is 0 Å².